The molecule has 3 rings (SSSR count). The van der Waals surface area contributed by atoms with Crippen LogP contribution in [0, 0.1) is 25.2 Å². The first kappa shape index (κ1) is 18.7. The van der Waals surface area contributed by atoms with E-state index in [0.29, 0.717) is 5.69 Å². The van der Waals surface area contributed by atoms with E-state index < -0.39 is 5.91 Å². The van der Waals surface area contributed by atoms with E-state index in [1.807, 2.05) is 68.4 Å². The minimum absolute atomic E-state index is 0.0586. The molecule has 134 valence electrons. The van der Waals surface area contributed by atoms with Gasteiger partial charge >= 0.3 is 0 Å². The van der Waals surface area contributed by atoms with E-state index >= 15 is 0 Å². The fourth-order valence-corrected chi connectivity index (χ4v) is 3.38. The van der Waals surface area contributed by atoms with Gasteiger partial charge in [0.25, 0.3) is 5.91 Å². The Hall–Kier alpha value is -3.10. The van der Waals surface area contributed by atoms with Crippen molar-refractivity contribution in [1.82, 2.24) is 4.57 Å². The molecule has 0 aliphatic rings. The molecule has 0 aliphatic carbocycles. The normalized spacial score (nSPS) is 11.1. The van der Waals surface area contributed by atoms with Gasteiger partial charge in [-0.2, -0.15) is 5.26 Å². The number of anilines is 1. The summed E-state index contributed by atoms with van der Waals surface area (Å²) in [5, 5.41) is 12.2. The monoisotopic (exact) mass is 419 g/mol. The third-order valence-corrected chi connectivity index (χ3v) is 4.73. The lowest BCUT2D eigenvalue weighted by Crippen LogP contribution is -2.13. The van der Waals surface area contributed by atoms with E-state index in [1.165, 1.54) is 0 Å². The second kappa shape index (κ2) is 8.07. The minimum Gasteiger partial charge on any atom is -0.321 e. The third kappa shape index (κ3) is 4.18. The van der Waals surface area contributed by atoms with E-state index in [0.717, 1.165) is 27.1 Å². The molecule has 0 unspecified atom stereocenters. The van der Waals surface area contributed by atoms with Crippen LogP contribution in [-0.2, 0) is 4.79 Å². The zero-order chi connectivity index (χ0) is 19.4. The predicted molar refractivity (Wildman–Crippen MR) is 112 cm³/mol. The van der Waals surface area contributed by atoms with Crippen LogP contribution in [0.4, 0.5) is 5.69 Å². The number of nitriles is 1. The number of nitrogens with zero attached hydrogens (tertiary/aromatic N) is 2. The Balaban J connectivity index is 1.92. The topological polar surface area (TPSA) is 57.8 Å². The molecule has 0 atom stereocenters. The van der Waals surface area contributed by atoms with E-state index in [1.54, 1.807) is 18.2 Å². The van der Waals surface area contributed by atoms with Crippen molar-refractivity contribution in [3.05, 3.63) is 87.7 Å². The lowest BCUT2D eigenvalue weighted by molar-refractivity contribution is -0.112. The molecule has 5 heteroatoms. The second-order valence-corrected chi connectivity index (χ2v) is 7.05. The molecule has 0 fully saturated rings. The van der Waals surface area contributed by atoms with Gasteiger partial charge in [-0.1, -0.05) is 40.2 Å². The number of benzene rings is 2. The van der Waals surface area contributed by atoms with Gasteiger partial charge in [0.15, 0.2) is 0 Å². The molecule has 2 aromatic carbocycles. The van der Waals surface area contributed by atoms with Gasteiger partial charge in [-0.15, -0.1) is 0 Å². The molecule has 0 aliphatic heterocycles. The van der Waals surface area contributed by atoms with Gasteiger partial charge in [0.05, 0.1) is 0 Å². The lowest BCUT2D eigenvalue weighted by atomic mass is 10.1. The predicted octanol–water partition coefficient (Wildman–Crippen LogP) is 5.40. The summed E-state index contributed by atoms with van der Waals surface area (Å²) in [6, 6.07) is 21.2. The fourth-order valence-electron chi connectivity index (χ4n) is 2.98. The highest BCUT2D eigenvalue weighted by Crippen LogP contribution is 2.23. The molecule has 0 bridgehead atoms. The minimum atomic E-state index is -0.430. The zero-order valence-electron chi connectivity index (χ0n) is 15.0. The number of hydrogen-bond donors (Lipinski definition) is 1. The highest BCUT2D eigenvalue weighted by atomic mass is 79.9. The van der Waals surface area contributed by atoms with Crippen LogP contribution < -0.4 is 5.32 Å². The van der Waals surface area contributed by atoms with Crippen LogP contribution in [0.1, 0.15) is 17.0 Å². The highest BCUT2D eigenvalue weighted by molar-refractivity contribution is 9.10. The number of para-hydroxylation sites is 1. The number of carbonyl (C=O) groups excluding carboxylic acids is 1. The first-order valence-electron chi connectivity index (χ1n) is 8.42. The smallest absolute Gasteiger partial charge is 0.266 e. The quantitative estimate of drug-likeness (QED) is 0.454. The molecule has 0 saturated heterocycles. The van der Waals surface area contributed by atoms with Gasteiger partial charge in [-0.25, -0.2) is 0 Å². The van der Waals surface area contributed by atoms with Crippen LogP contribution in [-0.4, -0.2) is 10.5 Å². The van der Waals surface area contributed by atoms with Crippen LogP contribution >= 0.6 is 15.9 Å². The SMILES string of the molecule is Cc1cc(/C=C(\C#N)C(=O)Nc2cccc(Br)c2)c(C)n1-c1ccccc1. The Morgan fingerprint density at radius 1 is 1.11 bits per heavy atom. The molecule has 4 nitrogen and oxygen atoms in total. The molecular formula is C22H18BrN3O. The number of nitrogens with one attached hydrogen (secondary N) is 1. The standard InChI is InChI=1S/C22H18BrN3O/c1-15-11-17(16(2)26(15)21-9-4-3-5-10-21)12-18(14-24)22(27)25-20-8-6-7-19(23)13-20/h3-13H,1-2H3,(H,25,27)/b18-12+. The van der Waals surface area contributed by atoms with Crippen LogP contribution in [0.15, 0.2) is 70.7 Å². The summed E-state index contributed by atoms with van der Waals surface area (Å²) in [6.07, 6.45) is 1.63. The molecule has 1 amide bonds. The maximum atomic E-state index is 12.5. The van der Waals surface area contributed by atoms with E-state index in [4.69, 9.17) is 0 Å². The molecular weight excluding hydrogens is 402 g/mol. The summed E-state index contributed by atoms with van der Waals surface area (Å²) in [7, 11) is 0. The highest BCUT2D eigenvalue weighted by Gasteiger charge is 2.14. The van der Waals surface area contributed by atoms with Crippen molar-refractivity contribution in [2.75, 3.05) is 5.32 Å². The number of aryl methyl sites for hydroxylation is 1. The number of carbonyl (C=O) groups is 1. The summed E-state index contributed by atoms with van der Waals surface area (Å²) in [6.45, 7) is 3.98. The molecule has 1 N–H and O–H groups in total. The molecule has 0 spiro atoms. The van der Waals surface area contributed by atoms with Crippen molar-refractivity contribution in [3.8, 4) is 11.8 Å². The van der Waals surface area contributed by atoms with Crippen molar-refractivity contribution in [3.63, 3.8) is 0 Å². The molecule has 27 heavy (non-hydrogen) atoms. The molecule has 0 saturated carbocycles. The number of halogens is 1. The fraction of sp³-hybridized carbons (Fsp3) is 0.0909. The van der Waals surface area contributed by atoms with E-state index in [-0.39, 0.29) is 5.57 Å². The largest absolute Gasteiger partial charge is 0.321 e. The van der Waals surface area contributed by atoms with Gasteiger partial charge in [-0.05, 0) is 61.9 Å². The molecule has 1 aromatic heterocycles. The third-order valence-electron chi connectivity index (χ3n) is 4.23. The van der Waals surface area contributed by atoms with Crippen LogP contribution in [0.2, 0.25) is 0 Å². The maximum Gasteiger partial charge on any atom is 0.266 e. The van der Waals surface area contributed by atoms with Gasteiger partial charge in [0, 0.05) is 27.2 Å². The number of hydrogen-bond acceptors (Lipinski definition) is 2. The Bertz CT molecular complexity index is 1060. The average molecular weight is 420 g/mol. The van der Waals surface area contributed by atoms with Crippen molar-refractivity contribution < 1.29 is 4.79 Å². The molecule has 3 aromatic rings. The van der Waals surface area contributed by atoms with Crippen LogP contribution in [0.5, 0.6) is 0 Å². The molecule has 1 heterocycles. The van der Waals surface area contributed by atoms with E-state index in [2.05, 4.69) is 25.8 Å². The number of rotatable bonds is 4. The number of amides is 1. The first-order chi connectivity index (χ1) is 13.0. The first-order valence-corrected chi connectivity index (χ1v) is 9.22. The summed E-state index contributed by atoms with van der Waals surface area (Å²) < 4.78 is 2.96. The summed E-state index contributed by atoms with van der Waals surface area (Å²) in [5.41, 5.74) is 4.59. The van der Waals surface area contributed by atoms with Gasteiger partial charge < -0.3 is 9.88 Å². The summed E-state index contributed by atoms with van der Waals surface area (Å²) in [4.78, 5) is 12.5. The Kier molecular flexibility index (Phi) is 5.58. The maximum absolute atomic E-state index is 12.5. The summed E-state index contributed by atoms with van der Waals surface area (Å²) in [5.74, 6) is -0.430. The Morgan fingerprint density at radius 2 is 1.85 bits per heavy atom. The van der Waals surface area contributed by atoms with Crippen molar-refractivity contribution >= 4 is 33.6 Å². The Labute approximate surface area is 166 Å². The van der Waals surface area contributed by atoms with Gasteiger partial charge in [0.2, 0.25) is 0 Å². The van der Waals surface area contributed by atoms with E-state index in [9.17, 15) is 10.1 Å². The lowest BCUT2D eigenvalue weighted by Gasteiger charge is -2.09. The van der Waals surface area contributed by atoms with Gasteiger partial charge in [0.1, 0.15) is 11.6 Å². The zero-order valence-corrected chi connectivity index (χ0v) is 16.6. The van der Waals surface area contributed by atoms with Crippen molar-refractivity contribution in [1.29, 1.82) is 5.26 Å². The van der Waals surface area contributed by atoms with Crippen LogP contribution in [0.25, 0.3) is 11.8 Å². The van der Waals surface area contributed by atoms with Crippen molar-refractivity contribution in [2.45, 2.75) is 13.8 Å². The van der Waals surface area contributed by atoms with Gasteiger partial charge in [-0.3, -0.25) is 4.79 Å². The summed E-state index contributed by atoms with van der Waals surface area (Å²) >= 11 is 3.37. The van der Waals surface area contributed by atoms with Crippen LogP contribution in [0.3, 0.4) is 0 Å². The average Bonchev–Trinajstić information content (AvgIpc) is 2.93. The second-order valence-electron chi connectivity index (χ2n) is 6.13. The Morgan fingerprint density at radius 3 is 2.52 bits per heavy atom. The molecule has 0 radical (unpaired) electrons. The number of aromatic nitrogens is 1. The van der Waals surface area contributed by atoms with Crippen molar-refractivity contribution in [2.24, 2.45) is 0 Å².